The van der Waals surface area contributed by atoms with E-state index < -0.39 is 177 Å². The second kappa shape index (κ2) is 23.2. The van der Waals surface area contributed by atoms with Crippen molar-refractivity contribution in [2.45, 2.75) is 235 Å². The van der Waals surface area contributed by atoms with Crippen LogP contribution in [0.2, 0.25) is 0 Å². The third-order valence-electron chi connectivity index (χ3n) is 20.2. The Hall–Kier alpha value is -1.85. The van der Waals surface area contributed by atoms with Crippen molar-refractivity contribution in [3.8, 4) is 0 Å². The van der Waals surface area contributed by atoms with Gasteiger partial charge in [-0.1, -0.05) is 64.8 Å². The molecule has 6 fully saturated rings. The predicted octanol–water partition coefficient (Wildman–Crippen LogP) is -0.274. The molecule has 8 rings (SSSR count). The normalized spacial score (nSPS) is 49.3. The molecule has 13 N–H and O–H groups in total. The summed E-state index contributed by atoms with van der Waals surface area (Å²) in [6.07, 6.45) is -26.4. The number of carboxylic acids is 1. The van der Waals surface area contributed by atoms with Gasteiger partial charge in [-0.15, -0.1) is 0 Å². The Morgan fingerprint density at radius 3 is 1.74 bits per heavy atom. The largest absolute Gasteiger partial charge is 0.481 e. The standard InChI is InChI=1S/C54H88O22/c1-23(2)24(3)9-10-25(4)26-14-18-54(50(67)68)28-11-12-33-51(5,6)34(15-16-52(33,7)27(28)13-17-53(26,54)8)73-49-45(76-48-41(65)39(63)36(60)31(20-56)71-48)44(37(61)32(21-57)72-49)75-46-42(66)43(29(58)22-69-46)74-47-40(64)38(62)35(59)30(19-55)70-47/h24-26,29-49,55-66H,1,9-22H2,2-8H3,(H,67,68)/t24?,25-,26-,29+,30-,31-,32-,33?,34?,35+,36-,37+,38+,39+,40-,41-,42-,43+,44+,45-,46+,47+,48?,49+,52-,53-,54+/m1/s1. The maximum absolute atomic E-state index is 14.0. The van der Waals surface area contributed by atoms with Gasteiger partial charge in [0, 0.05) is 0 Å². The van der Waals surface area contributed by atoms with Crippen LogP contribution in [0.25, 0.3) is 0 Å². The van der Waals surface area contributed by atoms with Crippen molar-refractivity contribution in [3.63, 3.8) is 0 Å². The number of ether oxygens (including phenoxy) is 8. The fourth-order valence-corrected chi connectivity index (χ4v) is 15.4. The SMILES string of the molecule is C=C(C)C(C)CC[C@@H](C)[C@H]1CC[C@@]2(C(=O)O)C3=C(CC[C@]12C)[C@@]1(C)CCC(O[C@@H]2O[C@H](CO)[C@H](O)[C@H](O[C@@H]4OC[C@H](O)[C@H](O[C@@H]5O[C@H](CO)[C@H](O)[C@H](O)[C@H]5O)[C@H]4O)[C@H]2OC2O[C@H](CO)[C@@H](O)[C@H](O)[C@H]2O)C(C)(C)C1CC3. The summed E-state index contributed by atoms with van der Waals surface area (Å²) in [7, 11) is 0. The molecule has 4 saturated heterocycles. The summed E-state index contributed by atoms with van der Waals surface area (Å²) in [6, 6.07) is 0. The van der Waals surface area contributed by atoms with Crippen molar-refractivity contribution < 1.29 is 109 Å². The average molecular weight is 1090 g/mol. The maximum Gasteiger partial charge on any atom is 0.314 e. The minimum absolute atomic E-state index is 0.0371. The van der Waals surface area contributed by atoms with Gasteiger partial charge < -0.3 is 104 Å². The molecule has 0 aromatic heterocycles. The number of carboxylic acid groups (broad SMARTS) is 1. The Kier molecular flexibility index (Phi) is 18.4. The minimum atomic E-state index is -1.97. The second-order valence-corrected chi connectivity index (χ2v) is 24.7. The van der Waals surface area contributed by atoms with Crippen LogP contribution >= 0.6 is 0 Å². The van der Waals surface area contributed by atoms with Gasteiger partial charge in [-0.2, -0.15) is 0 Å². The van der Waals surface area contributed by atoms with Crippen LogP contribution in [0.1, 0.15) is 113 Å². The third kappa shape index (κ3) is 10.3. The van der Waals surface area contributed by atoms with Gasteiger partial charge in [0.25, 0.3) is 0 Å². The van der Waals surface area contributed by atoms with E-state index in [0.29, 0.717) is 43.9 Å². The molecule has 0 amide bonds. The van der Waals surface area contributed by atoms with Crippen LogP contribution in [-0.2, 0) is 42.7 Å². The highest BCUT2D eigenvalue weighted by Gasteiger charge is 2.69. The zero-order valence-electron chi connectivity index (χ0n) is 45.0. The van der Waals surface area contributed by atoms with Gasteiger partial charge in [0.15, 0.2) is 25.2 Å². The van der Waals surface area contributed by atoms with E-state index in [1.165, 1.54) is 5.57 Å². The molecule has 8 aliphatic rings. The first-order valence-electron chi connectivity index (χ1n) is 27.5. The van der Waals surface area contributed by atoms with Gasteiger partial charge in [-0.05, 0) is 111 Å². The Labute approximate surface area is 444 Å². The van der Waals surface area contributed by atoms with E-state index in [1.807, 2.05) is 0 Å². The molecular formula is C54H88O22. The number of aliphatic carboxylic acids is 1. The van der Waals surface area contributed by atoms with Crippen LogP contribution in [0.15, 0.2) is 23.3 Å². The number of aliphatic hydroxyl groups is 12. The third-order valence-corrected chi connectivity index (χ3v) is 20.2. The topological polar surface area (TPSA) is 354 Å². The average Bonchev–Trinajstić information content (AvgIpc) is 3.73. The van der Waals surface area contributed by atoms with Crippen molar-refractivity contribution in [3.05, 3.63) is 23.3 Å². The van der Waals surface area contributed by atoms with Crippen molar-refractivity contribution in [1.82, 2.24) is 0 Å². The number of carbonyl (C=O) groups is 1. The van der Waals surface area contributed by atoms with Crippen molar-refractivity contribution >= 4 is 5.97 Å². The van der Waals surface area contributed by atoms with E-state index in [-0.39, 0.29) is 11.8 Å². The fourth-order valence-electron chi connectivity index (χ4n) is 15.4. The number of aliphatic hydroxyl groups excluding tert-OH is 12. The molecule has 4 unspecified atom stereocenters. The highest BCUT2D eigenvalue weighted by atomic mass is 16.8. The molecule has 436 valence electrons. The van der Waals surface area contributed by atoms with Gasteiger partial charge in [0.05, 0.1) is 37.9 Å². The van der Waals surface area contributed by atoms with Crippen LogP contribution in [0.4, 0.5) is 0 Å². The van der Waals surface area contributed by atoms with Crippen LogP contribution in [0, 0.1) is 45.3 Å². The summed E-state index contributed by atoms with van der Waals surface area (Å²) in [5.41, 5.74) is 0.948. The molecule has 76 heavy (non-hydrogen) atoms. The summed E-state index contributed by atoms with van der Waals surface area (Å²) in [6.45, 7) is 16.4. The van der Waals surface area contributed by atoms with Crippen molar-refractivity contribution in [2.75, 3.05) is 26.4 Å². The Morgan fingerprint density at radius 1 is 0.618 bits per heavy atom. The lowest BCUT2D eigenvalue weighted by Crippen LogP contribution is -2.67. The summed E-state index contributed by atoms with van der Waals surface area (Å²) in [5, 5.41) is 141. The molecule has 0 aromatic carbocycles. The van der Waals surface area contributed by atoms with Crippen LogP contribution in [0.5, 0.6) is 0 Å². The zero-order valence-corrected chi connectivity index (χ0v) is 45.0. The van der Waals surface area contributed by atoms with Gasteiger partial charge in [-0.25, -0.2) is 0 Å². The maximum atomic E-state index is 14.0. The first kappa shape index (κ1) is 60.3. The fraction of sp³-hybridized carbons (Fsp3) is 0.907. The number of allylic oxidation sites excluding steroid dienone is 2. The van der Waals surface area contributed by atoms with Gasteiger partial charge in [-0.3, -0.25) is 4.79 Å². The van der Waals surface area contributed by atoms with E-state index in [4.69, 9.17) is 37.9 Å². The Bertz CT molecular complexity index is 2060. The van der Waals surface area contributed by atoms with Crippen LogP contribution in [-0.4, -0.2) is 222 Å². The van der Waals surface area contributed by atoms with E-state index in [2.05, 4.69) is 55.0 Å². The molecule has 22 nitrogen and oxygen atoms in total. The van der Waals surface area contributed by atoms with Gasteiger partial charge >= 0.3 is 5.97 Å². The van der Waals surface area contributed by atoms with Crippen LogP contribution in [0.3, 0.4) is 0 Å². The molecule has 4 heterocycles. The lowest BCUT2D eigenvalue weighted by Gasteiger charge is -2.62. The number of hydrogen-bond acceptors (Lipinski definition) is 21. The molecule has 4 aliphatic carbocycles. The Morgan fingerprint density at radius 2 is 1.17 bits per heavy atom. The van der Waals surface area contributed by atoms with E-state index in [1.54, 1.807) is 0 Å². The van der Waals surface area contributed by atoms with Crippen molar-refractivity contribution in [1.29, 1.82) is 0 Å². The van der Waals surface area contributed by atoms with Crippen LogP contribution < -0.4 is 0 Å². The zero-order chi connectivity index (χ0) is 55.7. The molecule has 0 radical (unpaired) electrons. The molecule has 0 bridgehead atoms. The van der Waals surface area contributed by atoms with Gasteiger partial charge in [0.2, 0.25) is 0 Å². The highest BCUT2D eigenvalue weighted by molar-refractivity contribution is 5.82. The Balaban J connectivity index is 1.07. The summed E-state index contributed by atoms with van der Waals surface area (Å²) >= 11 is 0. The lowest BCUT2D eigenvalue weighted by atomic mass is 9.43. The first-order valence-corrected chi connectivity index (χ1v) is 27.5. The second-order valence-electron chi connectivity index (χ2n) is 24.7. The van der Waals surface area contributed by atoms with Crippen molar-refractivity contribution in [2.24, 2.45) is 45.3 Å². The molecule has 22 heteroatoms. The number of rotatable bonds is 17. The minimum Gasteiger partial charge on any atom is -0.481 e. The number of fused-ring (bicyclic) bond motifs is 4. The molecule has 0 spiro atoms. The van der Waals surface area contributed by atoms with Gasteiger partial charge in [0.1, 0.15) is 91.6 Å². The lowest BCUT2D eigenvalue weighted by molar-refractivity contribution is -0.399. The first-order chi connectivity index (χ1) is 35.7. The number of hydrogen-bond donors (Lipinski definition) is 13. The molecule has 4 aliphatic heterocycles. The van der Waals surface area contributed by atoms with E-state index in [0.717, 1.165) is 43.3 Å². The predicted molar refractivity (Wildman–Crippen MR) is 264 cm³/mol. The quantitative estimate of drug-likeness (QED) is 0.0834. The summed E-state index contributed by atoms with van der Waals surface area (Å²) < 4.78 is 48.7. The summed E-state index contributed by atoms with van der Waals surface area (Å²) in [5.74, 6) is 0.182. The smallest absolute Gasteiger partial charge is 0.314 e. The molecule has 27 atom stereocenters. The molecule has 0 aromatic rings. The van der Waals surface area contributed by atoms with E-state index >= 15 is 0 Å². The molecule has 2 saturated carbocycles. The molecular weight excluding hydrogens is 1000 g/mol. The highest BCUT2D eigenvalue weighted by Crippen LogP contribution is 2.73. The summed E-state index contributed by atoms with van der Waals surface area (Å²) in [4.78, 5) is 14.0. The van der Waals surface area contributed by atoms with E-state index in [9.17, 15) is 71.2 Å². The monoisotopic (exact) mass is 1090 g/mol.